The van der Waals surface area contributed by atoms with Crippen molar-refractivity contribution in [2.24, 2.45) is 0 Å². The van der Waals surface area contributed by atoms with Crippen LogP contribution in [0.3, 0.4) is 0 Å². The summed E-state index contributed by atoms with van der Waals surface area (Å²) in [6.45, 7) is 5.26. The van der Waals surface area contributed by atoms with Gasteiger partial charge in [-0.2, -0.15) is 0 Å². The van der Waals surface area contributed by atoms with Crippen LogP contribution in [-0.2, 0) is 6.42 Å². The molecule has 5 heteroatoms. The lowest BCUT2D eigenvalue weighted by atomic mass is 10.1. The number of rotatable bonds is 5. The van der Waals surface area contributed by atoms with E-state index >= 15 is 0 Å². The fourth-order valence-electron chi connectivity index (χ4n) is 2.73. The molecule has 0 unspecified atom stereocenters. The lowest BCUT2D eigenvalue weighted by Gasteiger charge is -2.40. The Labute approximate surface area is 135 Å². The molecule has 2 aromatic rings. The number of nitrogens with zero attached hydrogens (tertiary/aromatic N) is 2. The van der Waals surface area contributed by atoms with Gasteiger partial charge < -0.3 is 14.7 Å². The molecular weight excluding hydrogens is 292 g/mol. The van der Waals surface area contributed by atoms with E-state index in [-0.39, 0.29) is 11.7 Å². The summed E-state index contributed by atoms with van der Waals surface area (Å²) in [5, 5.41) is 9.30. The van der Waals surface area contributed by atoms with Crippen molar-refractivity contribution in [1.82, 2.24) is 4.98 Å². The van der Waals surface area contributed by atoms with Crippen molar-refractivity contribution < 1.29 is 14.6 Å². The minimum absolute atomic E-state index is 0.0617. The maximum Gasteiger partial charge on any atom is 0.339 e. The number of benzene rings is 1. The van der Waals surface area contributed by atoms with Crippen molar-refractivity contribution >= 4 is 11.8 Å². The normalized spacial score (nSPS) is 14.4. The molecular formula is C18H20N2O3. The SMILES string of the molecule is CCc1ccccc1OC1CN(c2nc(C)ccc2C(=O)O)C1. The maximum atomic E-state index is 11.3. The molecule has 2 heterocycles. The van der Waals surface area contributed by atoms with Crippen molar-refractivity contribution in [2.75, 3.05) is 18.0 Å². The van der Waals surface area contributed by atoms with Crippen LogP contribution in [-0.4, -0.2) is 35.3 Å². The van der Waals surface area contributed by atoms with Gasteiger partial charge in [0, 0.05) is 5.69 Å². The number of hydrogen-bond donors (Lipinski definition) is 1. The van der Waals surface area contributed by atoms with E-state index in [4.69, 9.17) is 4.74 Å². The number of anilines is 1. The molecule has 0 saturated carbocycles. The van der Waals surface area contributed by atoms with Gasteiger partial charge in [-0.3, -0.25) is 0 Å². The summed E-state index contributed by atoms with van der Waals surface area (Å²) in [6, 6.07) is 11.4. The third-order valence-corrected chi connectivity index (χ3v) is 4.04. The number of carbonyl (C=O) groups is 1. The second-order valence-corrected chi connectivity index (χ2v) is 5.74. The van der Waals surface area contributed by atoms with Gasteiger partial charge >= 0.3 is 5.97 Å². The third kappa shape index (κ3) is 3.13. The number of hydrogen-bond acceptors (Lipinski definition) is 4. The van der Waals surface area contributed by atoms with E-state index < -0.39 is 5.97 Å². The van der Waals surface area contributed by atoms with E-state index in [1.165, 1.54) is 5.56 Å². The van der Waals surface area contributed by atoms with Gasteiger partial charge in [0.05, 0.1) is 13.1 Å². The first-order valence-electron chi connectivity index (χ1n) is 7.79. The van der Waals surface area contributed by atoms with Gasteiger partial charge in [-0.1, -0.05) is 25.1 Å². The topological polar surface area (TPSA) is 62.7 Å². The highest BCUT2D eigenvalue weighted by Crippen LogP contribution is 2.27. The summed E-state index contributed by atoms with van der Waals surface area (Å²) in [5.41, 5.74) is 2.24. The molecule has 120 valence electrons. The predicted molar refractivity (Wildman–Crippen MR) is 88.4 cm³/mol. The number of aryl methyl sites for hydroxylation is 2. The number of carboxylic acids is 1. The minimum Gasteiger partial charge on any atom is -0.486 e. The van der Waals surface area contributed by atoms with E-state index in [1.54, 1.807) is 12.1 Å². The van der Waals surface area contributed by atoms with Gasteiger partial charge in [-0.15, -0.1) is 0 Å². The molecule has 23 heavy (non-hydrogen) atoms. The molecule has 5 nitrogen and oxygen atoms in total. The second kappa shape index (κ2) is 6.28. The number of aromatic nitrogens is 1. The van der Waals surface area contributed by atoms with Crippen molar-refractivity contribution in [3.05, 3.63) is 53.2 Å². The highest BCUT2D eigenvalue weighted by Gasteiger charge is 2.32. The molecule has 1 aliphatic heterocycles. The van der Waals surface area contributed by atoms with Crippen LogP contribution in [0.1, 0.15) is 28.5 Å². The molecule has 1 aromatic heterocycles. The molecule has 0 atom stereocenters. The van der Waals surface area contributed by atoms with Crippen LogP contribution in [0.4, 0.5) is 5.82 Å². The number of carboxylic acid groups (broad SMARTS) is 1. The third-order valence-electron chi connectivity index (χ3n) is 4.04. The van der Waals surface area contributed by atoms with Crippen LogP contribution >= 0.6 is 0 Å². The Morgan fingerprint density at radius 1 is 1.30 bits per heavy atom. The molecule has 1 fully saturated rings. The highest BCUT2D eigenvalue weighted by molar-refractivity contribution is 5.93. The smallest absolute Gasteiger partial charge is 0.339 e. The fraction of sp³-hybridized carbons (Fsp3) is 0.333. The van der Waals surface area contributed by atoms with Crippen LogP contribution in [0.2, 0.25) is 0 Å². The first-order valence-corrected chi connectivity index (χ1v) is 7.79. The van der Waals surface area contributed by atoms with Gasteiger partial charge in [0.1, 0.15) is 23.2 Å². The van der Waals surface area contributed by atoms with Crippen LogP contribution in [0.25, 0.3) is 0 Å². The summed E-state index contributed by atoms with van der Waals surface area (Å²) < 4.78 is 6.04. The van der Waals surface area contributed by atoms with Gasteiger partial charge in [0.15, 0.2) is 0 Å². The Kier molecular flexibility index (Phi) is 4.19. The minimum atomic E-state index is -0.951. The number of ether oxygens (including phenoxy) is 1. The summed E-state index contributed by atoms with van der Waals surface area (Å²) in [7, 11) is 0. The molecule has 1 saturated heterocycles. The number of para-hydroxylation sites is 1. The molecule has 1 N–H and O–H groups in total. The predicted octanol–water partition coefficient (Wildman–Crippen LogP) is 2.92. The average Bonchev–Trinajstić information content (AvgIpc) is 2.50. The van der Waals surface area contributed by atoms with E-state index in [0.717, 1.165) is 17.9 Å². The highest BCUT2D eigenvalue weighted by atomic mass is 16.5. The molecule has 0 bridgehead atoms. The van der Waals surface area contributed by atoms with Crippen LogP contribution in [0.15, 0.2) is 36.4 Å². The average molecular weight is 312 g/mol. The van der Waals surface area contributed by atoms with Gasteiger partial charge in [-0.25, -0.2) is 9.78 Å². The van der Waals surface area contributed by atoms with Gasteiger partial charge in [0.25, 0.3) is 0 Å². The van der Waals surface area contributed by atoms with E-state index in [2.05, 4.69) is 18.0 Å². The van der Waals surface area contributed by atoms with Crippen molar-refractivity contribution in [1.29, 1.82) is 0 Å². The van der Waals surface area contributed by atoms with E-state index in [1.807, 2.05) is 30.0 Å². The van der Waals surface area contributed by atoms with Crippen LogP contribution in [0.5, 0.6) is 5.75 Å². The first-order chi connectivity index (χ1) is 11.1. The Bertz CT molecular complexity index is 724. The summed E-state index contributed by atoms with van der Waals surface area (Å²) in [5.74, 6) is 0.490. The lowest BCUT2D eigenvalue weighted by molar-refractivity contribution is 0.0696. The van der Waals surface area contributed by atoms with Crippen molar-refractivity contribution in [2.45, 2.75) is 26.4 Å². The van der Waals surface area contributed by atoms with E-state index in [9.17, 15) is 9.90 Å². The first kappa shape index (κ1) is 15.3. The maximum absolute atomic E-state index is 11.3. The lowest BCUT2D eigenvalue weighted by Crippen LogP contribution is -2.54. The van der Waals surface area contributed by atoms with E-state index in [0.29, 0.717) is 18.9 Å². The molecule has 0 radical (unpaired) electrons. The zero-order valence-electron chi connectivity index (χ0n) is 13.3. The Morgan fingerprint density at radius 2 is 2.04 bits per heavy atom. The molecule has 0 spiro atoms. The standard InChI is InChI=1S/C18H20N2O3/c1-3-13-6-4-5-7-16(13)23-14-10-20(11-14)17-15(18(21)22)9-8-12(2)19-17/h4-9,14H,3,10-11H2,1-2H3,(H,21,22). The zero-order chi connectivity index (χ0) is 16.4. The monoisotopic (exact) mass is 312 g/mol. The van der Waals surface area contributed by atoms with Crippen LogP contribution < -0.4 is 9.64 Å². The molecule has 1 aromatic carbocycles. The van der Waals surface area contributed by atoms with Gasteiger partial charge in [-0.05, 0) is 37.1 Å². The van der Waals surface area contributed by atoms with Gasteiger partial charge in [0.2, 0.25) is 0 Å². The van der Waals surface area contributed by atoms with Crippen molar-refractivity contribution in [3.8, 4) is 5.75 Å². The molecule has 3 rings (SSSR count). The Morgan fingerprint density at radius 3 is 2.74 bits per heavy atom. The quantitative estimate of drug-likeness (QED) is 0.919. The summed E-state index contributed by atoms with van der Waals surface area (Å²) in [6.07, 6.45) is 0.988. The zero-order valence-corrected chi connectivity index (χ0v) is 13.3. The largest absolute Gasteiger partial charge is 0.486 e. The second-order valence-electron chi connectivity index (χ2n) is 5.74. The van der Waals surface area contributed by atoms with Crippen LogP contribution in [0, 0.1) is 6.92 Å². The Balaban J connectivity index is 1.70. The summed E-state index contributed by atoms with van der Waals surface area (Å²) >= 11 is 0. The molecule has 0 amide bonds. The van der Waals surface area contributed by atoms with Crippen molar-refractivity contribution in [3.63, 3.8) is 0 Å². The number of pyridine rings is 1. The Hall–Kier alpha value is -2.56. The molecule has 1 aliphatic rings. The molecule has 0 aliphatic carbocycles. The number of aromatic carboxylic acids is 1. The summed E-state index contributed by atoms with van der Waals surface area (Å²) in [4.78, 5) is 17.7. The fourth-order valence-corrected chi connectivity index (χ4v) is 2.73.